The predicted octanol–water partition coefficient (Wildman–Crippen LogP) is 7.85. The van der Waals surface area contributed by atoms with Crippen molar-refractivity contribution in [3.05, 3.63) is 83.7 Å². The quantitative estimate of drug-likeness (QED) is 0.178. The number of rotatable bonds is 6. The van der Waals surface area contributed by atoms with Crippen molar-refractivity contribution in [2.75, 3.05) is 13.7 Å². The van der Waals surface area contributed by atoms with Gasteiger partial charge in [0.05, 0.1) is 24.2 Å². The highest BCUT2D eigenvalue weighted by Gasteiger charge is 2.42. The standard InChI is InChI=1S/C39H40N4O4/c1-21(2)36(42-39(46)47-3)38(45)43-18-6-9-33(43)37-40-31-16-11-23(20-32(31)41-37)24-13-14-29(35-25-12-10-22(25)19-30(24)35)27-15-17-34(44)28-8-5-4-7-26(27)28/h4-5,7-8,11,13-17,20-22,25,33,36,44H,6,9-10,12,18-19H2,1-3H3,(H,40,41)(H,42,46). The first-order valence-corrected chi connectivity index (χ1v) is 16.8. The predicted molar refractivity (Wildman–Crippen MR) is 183 cm³/mol. The van der Waals surface area contributed by atoms with E-state index in [0.29, 0.717) is 24.1 Å². The van der Waals surface area contributed by atoms with Crippen molar-refractivity contribution in [2.24, 2.45) is 11.8 Å². The van der Waals surface area contributed by atoms with Crippen molar-refractivity contribution in [2.45, 2.75) is 64.0 Å². The van der Waals surface area contributed by atoms with Crippen LogP contribution in [0, 0.1) is 11.8 Å². The first-order valence-electron chi connectivity index (χ1n) is 16.8. The molecule has 0 radical (unpaired) electrons. The molecule has 4 unspecified atom stereocenters. The minimum Gasteiger partial charge on any atom is -0.507 e. The summed E-state index contributed by atoms with van der Waals surface area (Å²) in [6.45, 7) is 4.47. The largest absolute Gasteiger partial charge is 0.507 e. The Balaban J connectivity index is 1.15. The zero-order valence-corrected chi connectivity index (χ0v) is 27.0. The summed E-state index contributed by atoms with van der Waals surface area (Å²) in [6.07, 6.45) is 4.65. The number of methoxy groups -OCH3 is 1. The van der Waals surface area contributed by atoms with Crippen LogP contribution >= 0.6 is 0 Å². The molecule has 2 fully saturated rings. The van der Waals surface area contributed by atoms with Gasteiger partial charge in [0.15, 0.2) is 0 Å². The summed E-state index contributed by atoms with van der Waals surface area (Å²) < 4.78 is 4.79. The summed E-state index contributed by atoms with van der Waals surface area (Å²) in [6, 6.07) is 22.2. The van der Waals surface area contributed by atoms with Crippen LogP contribution in [-0.2, 0) is 16.0 Å². The number of aromatic nitrogens is 2. The van der Waals surface area contributed by atoms with Crippen LogP contribution in [0.3, 0.4) is 0 Å². The highest BCUT2D eigenvalue weighted by Crippen LogP contribution is 2.56. The van der Waals surface area contributed by atoms with Crippen LogP contribution in [0.4, 0.5) is 4.79 Å². The van der Waals surface area contributed by atoms with E-state index in [-0.39, 0.29) is 17.9 Å². The number of hydrogen-bond acceptors (Lipinski definition) is 5. The van der Waals surface area contributed by atoms with Crippen LogP contribution in [0.15, 0.2) is 66.7 Å². The number of ether oxygens (including phenoxy) is 1. The Kier molecular flexibility index (Phi) is 7.19. The van der Waals surface area contributed by atoms with Gasteiger partial charge in [-0.3, -0.25) is 4.79 Å². The van der Waals surface area contributed by atoms with Crippen LogP contribution < -0.4 is 5.32 Å². The van der Waals surface area contributed by atoms with Crippen molar-refractivity contribution in [3.63, 3.8) is 0 Å². The lowest BCUT2D eigenvalue weighted by molar-refractivity contribution is -0.135. The average molecular weight is 629 g/mol. The number of imidazole rings is 1. The van der Waals surface area contributed by atoms with Gasteiger partial charge < -0.3 is 25.0 Å². The number of nitrogens with one attached hydrogen (secondary N) is 2. The van der Waals surface area contributed by atoms with Gasteiger partial charge in [0.1, 0.15) is 17.6 Å². The molecule has 4 atom stereocenters. The maximum atomic E-state index is 13.7. The summed E-state index contributed by atoms with van der Waals surface area (Å²) in [5.41, 5.74) is 9.63. The second kappa shape index (κ2) is 11.4. The number of phenolic OH excluding ortho intramolecular Hbond substituents is 1. The van der Waals surface area contributed by atoms with Gasteiger partial charge in [0.2, 0.25) is 5.91 Å². The highest BCUT2D eigenvalue weighted by atomic mass is 16.5. The molecule has 8 rings (SSSR count). The maximum Gasteiger partial charge on any atom is 0.407 e. The van der Waals surface area contributed by atoms with Crippen molar-refractivity contribution in [1.82, 2.24) is 20.2 Å². The molecule has 2 amide bonds. The first kappa shape index (κ1) is 29.5. The molecule has 1 aliphatic heterocycles. The Morgan fingerprint density at radius 2 is 1.77 bits per heavy atom. The van der Waals surface area contributed by atoms with Gasteiger partial charge >= 0.3 is 6.09 Å². The second-order valence-corrected chi connectivity index (χ2v) is 13.8. The summed E-state index contributed by atoms with van der Waals surface area (Å²) >= 11 is 0. The molecule has 8 heteroatoms. The summed E-state index contributed by atoms with van der Waals surface area (Å²) in [4.78, 5) is 36.0. The first-order chi connectivity index (χ1) is 22.8. The molecule has 3 N–H and O–H groups in total. The maximum absolute atomic E-state index is 13.7. The van der Waals surface area contributed by atoms with Crippen LogP contribution in [0.25, 0.3) is 44.1 Å². The van der Waals surface area contributed by atoms with E-state index in [1.165, 1.54) is 47.8 Å². The number of phenols is 1. The molecule has 8 nitrogen and oxygen atoms in total. The molecule has 1 saturated heterocycles. The van der Waals surface area contributed by atoms with Gasteiger partial charge in [0.25, 0.3) is 0 Å². The third kappa shape index (κ3) is 4.84. The fraction of sp³-hybridized carbons (Fsp3) is 0.359. The average Bonchev–Trinajstić information content (AvgIpc) is 3.78. The number of H-pyrrole nitrogens is 1. The van der Waals surface area contributed by atoms with E-state index in [2.05, 4.69) is 52.8 Å². The molecule has 1 aromatic heterocycles. The molecule has 0 spiro atoms. The minimum atomic E-state index is -0.668. The molecule has 47 heavy (non-hydrogen) atoms. The number of aromatic hydroxyl groups is 1. The molecule has 5 aromatic rings. The van der Waals surface area contributed by atoms with Gasteiger partial charge in [0, 0.05) is 11.9 Å². The number of alkyl carbamates (subject to hydrolysis) is 1. The van der Waals surface area contributed by atoms with Gasteiger partial charge in [-0.25, -0.2) is 9.78 Å². The Bertz CT molecular complexity index is 2050. The van der Waals surface area contributed by atoms with Crippen molar-refractivity contribution >= 4 is 33.8 Å². The number of nitrogens with zero attached hydrogens (tertiary/aromatic N) is 2. The lowest BCUT2D eigenvalue weighted by Gasteiger charge is -2.32. The summed E-state index contributed by atoms with van der Waals surface area (Å²) in [7, 11) is 1.31. The Hall–Kier alpha value is -4.85. The number of carbonyl (C=O) groups is 2. The molecular formula is C39H40N4O4. The van der Waals surface area contributed by atoms with E-state index in [9.17, 15) is 14.7 Å². The van der Waals surface area contributed by atoms with Crippen LogP contribution in [0.2, 0.25) is 0 Å². The topological polar surface area (TPSA) is 108 Å². The molecule has 3 aliphatic rings. The zero-order valence-electron chi connectivity index (χ0n) is 27.0. The fourth-order valence-electron chi connectivity index (χ4n) is 8.33. The smallest absolute Gasteiger partial charge is 0.407 e. The molecule has 4 aromatic carbocycles. The second-order valence-electron chi connectivity index (χ2n) is 13.8. The third-order valence-corrected chi connectivity index (χ3v) is 10.9. The molecule has 2 heterocycles. The summed E-state index contributed by atoms with van der Waals surface area (Å²) in [5, 5.41) is 15.3. The minimum absolute atomic E-state index is 0.0859. The molecule has 240 valence electrons. The fourth-order valence-corrected chi connectivity index (χ4v) is 8.33. The van der Waals surface area contributed by atoms with E-state index in [0.717, 1.165) is 52.5 Å². The number of carbonyl (C=O) groups excluding carboxylic acids is 2. The monoisotopic (exact) mass is 628 g/mol. The van der Waals surface area contributed by atoms with Crippen molar-refractivity contribution in [1.29, 1.82) is 0 Å². The van der Waals surface area contributed by atoms with Crippen LogP contribution in [-0.4, -0.2) is 51.7 Å². The third-order valence-electron chi connectivity index (χ3n) is 10.9. The van der Waals surface area contributed by atoms with E-state index >= 15 is 0 Å². The Morgan fingerprint density at radius 3 is 2.53 bits per heavy atom. The lowest BCUT2D eigenvalue weighted by atomic mass is 9.73. The van der Waals surface area contributed by atoms with E-state index < -0.39 is 12.1 Å². The number of aromatic amines is 1. The molecular weight excluding hydrogens is 588 g/mol. The molecule has 2 aliphatic carbocycles. The van der Waals surface area contributed by atoms with Crippen molar-refractivity contribution < 1.29 is 19.4 Å². The number of benzene rings is 4. The summed E-state index contributed by atoms with van der Waals surface area (Å²) in [5.74, 6) is 2.16. The Labute approximate surface area is 274 Å². The number of likely N-dealkylation sites (tertiary alicyclic amines) is 1. The van der Waals surface area contributed by atoms with Gasteiger partial charge in [-0.15, -0.1) is 0 Å². The van der Waals surface area contributed by atoms with Crippen molar-refractivity contribution in [3.8, 4) is 28.0 Å². The van der Waals surface area contributed by atoms with Crippen LogP contribution in [0.5, 0.6) is 5.75 Å². The van der Waals surface area contributed by atoms with Gasteiger partial charge in [-0.2, -0.15) is 0 Å². The zero-order chi connectivity index (χ0) is 32.4. The lowest BCUT2D eigenvalue weighted by Crippen LogP contribution is -2.51. The van der Waals surface area contributed by atoms with Gasteiger partial charge in [-0.1, -0.05) is 62.4 Å². The normalized spacial score (nSPS) is 20.7. The highest BCUT2D eigenvalue weighted by molar-refractivity contribution is 6.01. The molecule has 1 saturated carbocycles. The van der Waals surface area contributed by atoms with E-state index in [4.69, 9.17) is 9.72 Å². The Morgan fingerprint density at radius 1 is 0.979 bits per heavy atom. The molecule has 0 bridgehead atoms. The SMILES string of the molecule is COC(=O)NC(C(=O)N1CCCC1c1nc2ccc(-c3ccc(-c4ccc(O)c5ccccc45)c4c3CC3CCC43)cc2[nH]1)C(C)C. The number of amides is 2. The number of fused-ring (bicyclic) bond motifs is 5. The van der Waals surface area contributed by atoms with Gasteiger partial charge in [-0.05, 0) is 107 Å². The van der Waals surface area contributed by atoms with E-state index in [1.807, 2.05) is 43.0 Å². The van der Waals surface area contributed by atoms with E-state index in [1.54, 1.807) is 0 Å². The van der Waals surface area contributed by atoms with Crippen LogP contribution in [0.1, 0.15) is 68.4 Å². The number of hydrogen-bond donors (Lipinski definition) is 3.